The first-order valence-corrected chi connectivity index (χ1v) is 11.4. The number of nitrogens with one attached hydrogen (secondary N) is 1. The van der Waals surface area contributed by atoms with E-state index in [1.165, 1.54) is 16.8 Å². The fourth-order valence-electron chi connectivity index (χ4n) is 3.10. The van der Waals surface area contributed by atoms with Gasteiger partial charge in [-0.3, -0.25) is 4.79 Å². The van der Waals surface area contributed by atoms with Crippen molar-refractivity contribution in [3.05, 3.63) is 89.7 Å². The van der Waals surface area contributed by atoms with Gasteiger partial charge in [0.1, 0.15) is 12.4 Å². The van der Waals surface area contributed by atoms with E-state index in [9.17, 15) is 9.18 Å². The number of benzene rings is 3. The summed E-state index contributed by atoms with van der Waals surface area (Å²) in [6.07, 6.45) is 0. The SMILES string of the molecule is COc1cc(CNC(=O)CSc2nnnn2-c2cccc(F)c2)ccc1OCc1ccccc1. The van der Waals surface area contributed by atoms with E-state index >= 15 is 0 Å². The minimum absolute atomic E-state index is 0.102. The minimum Gasteiger partial charge on any atom is -0.493 e. The molecule has 4 rings (SSSR count). The molecule has 174 valence electrons. The quantitative estimate of drug-likeness (QED) is 0.346. The highest BCUT2D eigenvalue weighted by molar-refractivity contribution is 7.99. The van der Waals surface area contributed by atoms with Crippen LogP contribution in [0.1, 0.15) is 11.1 Å². The molecule has 0 spiro atoms. The van der Waals surface area contributed by atoms with Gasteiger partial charge in [-0.2, -0.15) is 4.68 Å². The van der Waals surface area contributed by atoms with Crippen molar-refractivity contribution in [3.8, 4) is 17.2 Å². The van der Waals surface area contributed by atoms with Gasteiger partial charge in [0, 0.05) is 6.54 Å². The largest absolute Gasteiger partial charge is 0.493 e. The second-order valence-electron chi connectivity index (χ2n) is 7.18. The number of thioether (sulfide) groups is 1. The lowest BCUT2D eigenvalue weighted by atomic mass is 10.2. The fourth-order valence-corrected chi connectivity index (χ4v) is 3.82. The summed E-state index contributed by atoms with van der Waals surface area (Å²) < 4.78 is 26.2. The molecular weight excluding hydrogens is 457 g/mol. The Bertz CT molecular complexity index is 1250. The van der Waals surface area contributed by atoms with E-state index in [4.69, 9.17) is 9.47 Å². The van der Waals surface area contributed by atoms with Crippen molar-refractivity contribution in [2.45, 2.75) is 18.3 Å². The van der Waals surface area contributed by atoms with Crippen molar-refractivity contribution in [1.29, 1.82) is 0 Å². The zero-order chi connectivity index (χ0) is 23.8. The van der Waals surface area contributed by atoms with Gasteiger partial charge < -0.3 is 14.8 Å². The third-order valence-electron chi connectivity index (χ3n) is 4.78. The van der Waals surface area contributed by atoms with E-state index in [0.717, 1.165) is 22.9 Å². The number of nitrogens with zero attached hydrogens (tertiary/aromatic N) is 4. The highest BCUT2D eigenvalue weighted by Gasteiger charge is 2.13. The molecule has 0 unspecified atom stereocenters. The summed E-state index contributed by atoms with van der Waals surface area (Å²) in [6.45, 7) is 0.753. The van der Waals surface area contributed by atoms with E-state index in [0.29, 0.717) is 35.5 Å². The molecule has 3 aromatic carbocycles. The second-order valence-corrected chi connectivity index (χ2v) is 8.12. The highest BCUT2D eigenvalue weighted by Crippen LogP contribution is 2.29. The lowest BCUT2D eigenvalue weighted by molar-refractivity contribution is -0.118. The van der Waals surface area contributed by atoms with Crippen molar-refractivity contribution in [3.63, 3.8) is 0 Å². The predicted molar refractivity (Wildman–Crippen MR) is 125 cm³/mol. The Balaban J connectivity index is 1.30. The maximum atomic E-state index is 13.5. The Morgan fingerprint density at radius 1 is 1.03 bits per heavy atom. The number of halogens is 1. The van der Waals surface area contributed by atoms with Crippen LogP contribution in [0.15, 0.2) is 78.0 Å². The summed E-state index contributed by atoms with van der Waals surface area (Å²) in [4.78, 5) is 12.4. The molecule has 0 fully saturated rings. The molecule has 0 radical (unpaired) electrons. The smallest absolute Gasteiger partial charge is 0.230 e. The first-order valence-electron chi connectivity index (χ1n) is 10.4. The van der Waals surface area contributed by atoms with Crippen LogP contribution in [0, 0.1) is 5.82 Å². The summed E-state index contributed by atoms with van der Waals surface area (Å²) in [5.41, 5.74) is 2.41. The number of rotatable bonds is 10. The average Bonchev–Trinajstić information content (AvgIpc) is 3.34. The van der Waals surface area contributed by atoms with Crippen LogP contribution in [-0.2, 0) is 17.9 Å². The monoisotopic (exact) mass is 479 g/mol. The molecule has 0 aliphatic carbocycles. The average molecular weight is 480 g/mol. The molecule has 1 N–H and O–H groups in total. The number of hydrogen-bond acceptors (Lipinski definition) is 7. The topological polar surface area (TPSA) is 91.2 Å². The zero-order valence-electron chi connectivity index (χ0n) is 18.3. The minimum atomic E-state index is -0.395. The van der Waals surface area contributed by atoms with Crippen molar-refractivity contribution in [2.24, 2.45) is 0 Å². The molecule has 10 heteroatoms. The van der Waals surface area contributed by atoms with Crippen LogP contribution in [0.2, 0.25) is 0 Å². The molecule has 0 aliphatic rings. The molecule has 4 aromatic rings. The van der Waals surface area contributed by atoms with Crippen LogP contribution in [0.4, 0.5) is 4.39 Å². The van der Waals surface area contributed by atoms with Gasteiger partial charge in [-0.1, -0.05) is 54.2 Å². The van der Waals surface area contributed by atoms with Crippen molar-refractivity contribution in [1.82, 2.24) is 25.5 Å². The molecular formula is C24H22FN5O3S. The van der Waals surface area contributed by atoms with Crippen LogP contribution in [0.5, 0.6) is 11.5 Å². The first-order chi connectivity index (χ1) is 16.6. The number of aromatic nitrogens is 4. The lowest BCUT2D eigenvalue weighted by Crippen LogP contribution is -2.24. The van der Waals surface area contributed by atoms with E-state index in [2.05, 4.69) is 20.8 Å². The van der Waals surface area contributed by atoms with Crippen LogP contribution >= 0.6 is 11.8 Å². The molecule has 1 heterocycles. The summed E-state index contributed by atoms with van der Waals surface area (Å²) in [5, 5.41) is 14.7. The Morgan fingerprint density at radius 2 is 1.88 bits per heavy atom. The normalized spacial score (nSPS) is 10.6. The number of ether oxygens (including phenoxy) is 2. The second kappa shape index (κ2) is 11.3. The Labute approximate surface area is 200 Å². The van der Waals surface area contributed by atoms with E-state index in [1.807, 2.05) is 48.5 Å². The maximum absolute atomic E-state index is 13.5. The molecule has 1 amide bonds. The first kappa shape index (κ1) is 23.2. The molecule has 0 aliphatic heterocycles. The Morgan fingerprint density at radius 3 is 2.68 bits per heavy atom. The summed E-state index contributed by atoms with van der Waals surface area (Å²) in [5.74, 6) is 0.730. The molecule has 1 aromatic heterocycles. The summed E-state index contributed by atoms with van der Waals surface area (Å²) in [6, 6.07) is 21.3. The number of hydrogen-bond donors (Lipinski definition) is 1. The van der Waals surface area contributed by atoms with E-state index in [-0.39, 0.29) is 11.7 Å². The van der Waals surface area contributed by atoms with Crippen LogP contribution < -0.4 is 14.8 Å². The number of carbonyl (C=O) groups excluding carboxylic acids is 1. The number of methoxy groups -OCH3 is 1. The predicted octanol–water partition coefficient (Wildman–Crippen LogP) is 3.80. The molecule has 0 atom stereocenters. The van der Waals surface area contributed by atoms with Gasteiger partial charge >= 0.3 is 0 Å². The van der Waals surface area contributed by atoms with Crippen molar-refractivity contribution >= 4 is 17.7 Å². The molecule has 8 nitrogen and oxygen atoms in total. The summed E-state index contributed by atoms with van der Waals surface area (Å²) in [7, 11) is 1.58. The number of amides is 1. The Hall–Kier alpha value is -3.92. The number of carbonyl (C=O) groups is 1. The lowest BCUT2D eigenvalue weighted by Gasteiger charge is -2.13. The van der Waals surface area contributed by atoms with Gasteiger partial charge in [-0.25, -0.2) is 4.39 Å². The van der Waals surface area contributed by atoms with Crippen molar-refractivity contribution < 1.29 is 18.7 Å². The van der Waals surface area contributed by atoms with Crippen LogP contribution in [-0.4, -0.2) is 39.0 Å². The Kier molecular flexibility index (Phi) is 7.71. The number of tetrazole rings is 1. The molecule has 34 heavy (non-hydrogen) atoms. The zero-order valence-corrected chi connectivity index (χ0v) is 19.2. The van der Waals surface area contributed by atoms with Crippen LogP contribution in [0.25, 0.3) is 5.69 Å². The fraction of sp³-hybridized carbons (Fsp3) is 0.167. The van der Waals surface area contributed by atoms with Crippen LogP contribution in [0.3, 0.4) is 0 Å². The molecule has 0 saturated heterocycles. The van der Waals surface area contributed by atoms with Crippen molar-refractivity contribution in [2.75, 3.05) is 12.9 Å². The van der Waals surface area contributed by atoms with E-state index in [1.54, 1.807) is 19.2 Å². The van der Waals surface area contributed by atoms with Gasteiger partial charge in [-0.15, -0.1) is 5.10 Å². The van der Waals surface area contributed by atoms with Gasteiger partial charge in [0.25, 0.3) is 0 Å². The van der Waals surface area contributed by atoms with Gasteiger partial charge in [0.2, 0.25) is 11.1 Å². The third kappa shape index (κ3) is 6.10. The molecule has 0 bridgehead atoms. The highest BCUT2D eigenvalue weighted by atomic mass is 32.2. The van der Waals surface area contributed by atoms with Gasteiger partial charge in [0.05, 0.1) is 18.6 Å². The summed E-state index contributed by atoms with van der Waals surface area (Å²) >= 11 is 1.16. The standard InChI is InChI=1S/C24H22FN5O3S/c1-32-22-12-18(10-11-21(22)33-15-17-6-3-2-4-7-17)14-26-23(31)16-34-24-27-28-29-30(24)20-9-5-8-19(25)13-20/h2-13H,14-16H2,1H3,(H,26,31). The maximum Gasteiger partial charge on any atom is 0.230 e. The van der Waals surface area contributed by atoms with E-state index < -0.39 is 5.82 Å². The third-order valence-corrected chi connectivity index (χ3v) is 5.70. The molecule has 0 saturated carbocycles. The van der Waals surface area contributed by atoms with Gasteiger partial charge in [-0.05, 0) is 51.9 Å². The van der Waals surface area contributed by atoms with Gasteiger partial charge in [0.15, 0.2) is 11.5 Å².